The molecule has 0 aromatic heterocycles. The topological polar surface area (TPSA) is 72.5 Å². The van der Waals surface area contributed by atoms with Crippen molar-refractivity contribution < 1.29 is 19.1 Å². The van der Waals surface area contributed by atoms with E-state index >= 15 is 0 Å². The number of Topliss-reactive ketones (excluding diaryl/α,β-unsaturated/α-hetero) is 1. The quantitative estimate of drug-likeness (QED) is 0.288. The number of anilines is 1. The molecule has 3 rings (SSSR count). The number of hydrogen-bond acceptors (Lipinski definition) is 4. The molecular formula is C24H18Cl3NO4. The highest BCUT2D eigenvalue weighted by molar-refractivity contribution is 6.44. The summed E-state index contributed by atoms with van der Waals surface area (Å²) in [5, 5.41) is 3.60. The van der Waals surface area contributed by atoms with Gasteiger partial charge in [0.2, 0.25) is 11.7 Å². The number of esters is 1. The summed E-state index contributed by atoms with van der Waals surface area (Å²) in [6.07, 6.45) is -1.54. The number of carbonyl (C=O) groups excluding carboxylic acids is 3. The Morgan fingerprint density at radius 1 is 0.812 bits per heavy atom. The van der Waals surface area contributed by atoms with E-state index in [9.17, 15) is 14.4 Å². The van der Waals surface area contributed by atoms with E-state index in [0.29, 0.717) is 26.9 Å². The summed E-state index contributed by atoms with van der Waals surface area (Å²) in [5.41, 5.74) is 1.22. The third-order valence-corrected chi connectivity index (χ3v) is 5.57. The lowest BCUT2D eigenvalue weighted by Crippen LogP contribution is -2.21. The van der Waals surface area contributed by atoms with E-state index in [-0.39, 0.29) is 23.6 Å². The molecule has 0 heterocycles. The molecule has 0 saturated carbocycles. The van der Waals surface area contributed by atoms with Gasteiger partial charge in [-0.25, -0.2) is 0 Å². The smallest absolute Gasteiger partial charge is 0.307 e. The molecule has 164 valence electrons. The van der Waals surface area contributed by atoms with Gasteiger partial charge in [0, 0.05) is 22.6 Å². The Kier molecular flexibility index (Phi) is 8.28. The fourth-order valence-corrected chi connectivity index (χ4v) is 3.36. The van der Waals surface area contributed by atoms with Gasteiger partial charge >= 0.3 is 5.97 Å². The molecular weight excluding hydrogens is 473 g/mol. The minimum absolute atomic E-state index is 0.158. The van der Waals surface area contributed by atoms with Crippen molar-refractivity contribution in [2.45, 2.75) is 18.9 Å². The Morgan fingerprint density at radius 3 is 2.19 bits per heavy atom. The van der Waals surface area contributed by atoms with Crippen LogP contribution in [0.2, 0.25) is 15.1 Å². The lowest BCUT2D eigenvalue weighted by atomic mass is 10.00. The standard InChI is InChI=1S/C24H18Cl3NO4/c25-17-11-9-16(10-12-17)24(23(31)15-5-2-1-3-6-15)32-21(30)14-13-20(29)28-19-8-4-7-18(26)22(19)27/h1-12,24H,13-14H2,(H,28,29)/t24-/m0/s1. The summed E-state index contributed by atoms with van der Waals surface area (Å²) < 4.78 is 5.48. The van der Waals surface area contributed by atoms with Crippen LogP contribution in [0.3, 0.4) is 0 Å². The third-order valence-electron chi connectivity index (χ3n) is 4.50. The Bertz CT molecular complexity index is 1120. The van der Waals surface area contributed by atoms with Gasteiger partial charge in [-0.05, 0) is 24.3 Å². The van der Waals surface area contributed by atoms with Crippen LogP contribution < -0.4 is 5.32 Å². The van der Waals surface area contributed by atoms with Crippen molar-refractivity contribution in [3.8, 4) is 0 Å². The van der Waals surface area contributed by atoms with Crippen LogP contribution in [0.15, 0.2) is 72.8 Å². The Labute approximate surface area is 200 Å². The summed E-state index contributed by atoms with van der Waals surface area (Å²) >= 11 is 17.9. The molecule has 1 amide bonds. The van der Waals surface area contributed by atoms with Crippen molar-refractivity contribution in [1.29, 1.82) is 0 Å². The second-order valence-corrected chi connectivity index (χ2v) is 8.02. The lowest BCUT2D eigenvalue weighted by molar-refractivity contribution is -0.148. The van der Waals surface area contributed by atoms with E-state index in [4.69, 9.17) is 39.5 Å². The van der Waals surface area contributed by atoms with Crippen LogP contribution in [0.1, 0.15) is 34.9 Å². The van der Waals surface area contributed by atoms with E-state index in [2.05, 4.69) is 5.32 Å². The average Bonchev–Trinajstić information content (AvgIpc) is 2.80. The molecule has 0 fully saturated rings. The molecule has 0 unspecified atom stereocenters. The predicted molar refractivity (Wildman–Crippen MR) is 125 cm³/mol. The van der Waals surface area contributed by atoms with Gasteiger partial charge in [0.1, 0.15) is 0 Å². The minimum atomic E-state index is -1.16. The number of carbonyl (C=O) groups is 3. The van der Waals surface area contributed by atoms with Crippen LogP contribution in [0.4, 0.5) is 5.69 Å². The van der Waals surface area contributed by atoms with Crippen molar-refractivity contribution in [2.24, 2.45) is 0 Å². The first-order chi connectivity index (χ1) is 15.3. The Balaban J connectivity index is 1.67. The number of hydrogen-bond donors (Lipinski definition) is 1. The lowest BCUT2D eigenvalue weighted by Gasteiger charge is -2.18. The first kappa shape index (κ1) is 23.8. The first-order valence-corrected chi connectivity index (χ1v) is 10.8. The van der Waals surface area contributed by atoms with Crippen LogP contribution in [-0.4, -0.2) is 17.7 Å². The Morgan fingerprint density at radius 2 is 1.50 bits per heavy atom. The Hall–Kier alpha value is -2.86. The van der Waals surface area contributed by atoms with E-state index in [0.717, 1.165) is 0 Å². The van der Waals surface area contributed by atoms with Gasteiger partial charge in [0.15, 0.2) is 6.10 Å². The van der Waals surface area contributed by atoms with Gasteiger partial charge in [-0.1, -0.05) is 83.3 Å². The molecule has 8 heteroatoms. The van der Waals surface area contributed by atoms with Crippen molar-refractivity contribution in [2.75, 3.05) is 5.32 Å². The molecule has 32 heavy (non-hydrogen) atoms. The molecule has 0 aliphatic rings. The van der Waals surface area contributed by atoms with Crippen molar-refractivity contribution in [3.63, 3.8) is 0 Å². The summed E-state index contributed by atoms with van der Waals surface area (Å²) in [6.45, 7) is 0. The highest BCUT2D eigenvalue weighted by Gasteiger charge is 2.26. The van der Waals surface area contributed by atoms with Gasteiger partial charge in [0.05, 0.1) is 22.2 Å². The maximum atomic E-state index is 13.0. The molecule has 3 aromatic carbocycles. The first-order valence-electron chi connectivity index (χ1n) is 9.63. The molecule has 0 radical (unpaired) electrons. The zero-order valence-corrected chi connectivity index (χ0v) is 19.0. The number of nitrogens with one attached hydrogen (secondary N) is 1. The molecule has 0 spiro atoms. The van der Waals surface area contributed by atoms with Crippen molar-refractivity contribution >= 4 is 58.1 Å². The molecule has 0 bridgehead atoms. The zero-order valence-electron chi connectivity index (χ0n) is 16.7. The molecule has 0 aliphatic heterocycles. The second kappa shape index (κ2) is 11.1. The molecule has 3 aromatic rings. The molecule has 0 aliphatic carbocycles. The van der Waals surface area contributed by atoms with Gasteiger partial charge < -0.3 is 10.1 Å². The number of halogens is 3. The van der Waals surface area contributed by atoms with Gasteiger partial charge in [-0.3, -0.25) is 14.4 Å². The monoisotopic (exact) mass is 489 g/mol. The number of ketones is 1. The third kappa shape index (κ3) is 6.33. The second-order valence-electron chi connectivity index (χ2n) is 6.80. The van der Waals surface area contributed by atoms with Gasteiger partial charge in [-0.2, -0.15) is 0 Å². The molecule has 0 saturated heterocycles. The van der Waals surface area contributed by atoms with E-state index in [1.54, 1.807) is 72.8 Å². The van der Waals surface area contributed by atoms with E-state index in [1.807, 2.05) is 0 Å². The van der Waals surface area contributed by atoms with E-state index < -0.39 is 18.0 Å². The zero-order chi connectivity index (χ0) is 23.1. The number of benzene rings is 3. The van der Waals surface area contributed by atoms with Crippen LogP contribution in [0.25, 0.3) is 0 Å². The van der Waals surface area contributed by atoms with Crippen molar-refractivity contribution in [3.05, 3.63) is 99.0 Å². The van der Waals surface area contributed by atoms with Gasteiger partial charge in [-0.15, -0.1) is 0 Å². The molecule has 1 atom stereocenters. The molecule has 5 nitrogen and oxygen atoms in total. The number of rotatable bonds is 8. The summed E-state index contributed by atoms with van der Waals surface area (Å²) in [7, 11) is 0. The highest BCUT2D eigenvalue weighted by atomic mass is 35.5. The number of amides is 1. The van der Waals surface area contributed by atoms with Crippen LogP contribution >= 0.6 is 34.8 Å². The van der Waals surface area contributed by atoms with Crippen molar-refractivity contribution in [1.82, 2.24) is 0 Å². The largest absolute Gasteiger partial charge is 0.449 e. The van der Waals surface area contributed by atoms with Crippen LogP contribution in [0.5, 0.6) is 0 Å². The normalized spacial score (nSPS) is 11.5. The predicted octanol–water partition coefficient (Wildman–Crippen LogP) is 6.53. The van der Waals surface area contributed by atoms with Gasteiger partial charge in [0.25, 0.3) is 0 Å². The highest BCUT2D eigenvalue weighted by Crippen LogP contribution is 2.30. The fourth-order valence-electron chi connectivity index (χ4n) is 2.88. The maximum absolute atomic E-state index is 13.0. The summed E-state index contributed by atoms with van der Waals surface area (Å²) in [5.74, 6) is -1.51. The van der Waals surface area contributed by atoms with E-state index in [1.165, 1.54) is 0 Å². The SMILES string of the molecule is O=C(CCC(=O)O[C@H](C(=O)c1ccccc1)c1ccc(Cl)cc1)Nc1cccc(Cl)c1Cl. The van der Waals surface area contributed by atoms with Crippen LogP contribution in [0, 0.1) is 0 Å². The maximum Gasteiger partial charge on any atom is 0.307 e. The molecule has 1 N–H and O–H groups in total. The minimum Gasteiger partial charge on any atom is -0.449 e. The van der Waals surface area contributed by atoms with Crippen LogP contribution in [-0.2, 0) is 14.3 Å². The average molecular weight is 491 g/mol. The summed E-state index contributed by atoms with van der Waals surface area (Å²) in [6, 6.07) is 19.8. The number of ether oxygens (including phenoxy) is 1. The fraction of sp³-hybridized carbons (Fsp3) is 0.125. The summed E-state index contributed by atoms with van der Waals surface area (Å²) in [4.78, 5) is 37.7.